The summed E-state index contributed by atoms with van der Waals surface area (Å²) in [5.74, 6) is 4.40. The van der Waals surface area contributed by atoms with Gasteiger partial charge in [-0.05, 0) is 25.2 Å². The molecule has 2 unspecified atom stereocenters. The van der Waals surface area contributed by atoms with Crippen molar-refractivity contribution in [1.29, 1.82) is 0 Å². The van der Waals surface area contributed by atoms with Crippen molar-refractivity contribution in [3.05, 3.63) is 11.6 Å². The van der Waals surface area contributed by atoms with Gasteiger partial charge in [0.25, 0.3) is 0 Å². The van der Waals surface area contributed by atoms with Crippen LogP contribution in [0.1, 0.15) is 44.8 Å². The fourth-order valence-corrected chi connectivity index (χ4v) is 2.59. The van der Waals surface area contributed by atoms with Crippen LogP contribution in [0.2, 0.25) is 0 Å². The third-order valence-electron chi connectivity index (χ3n) is 3.50. The third-order valence-corrected chi connectivity index (χ3v) is 3.50. The lowest BCUT2D eigenvalue weighted by atomic mass is 9.84. The van der Waals surface area contributed by atoms with E-state index in [1.54, 1.807) is 0 Å². The number of aryl methyl sites for hydroxylation is 1. The maximum atomic E-state index is 4.29. The van der Waals surface area contributed by atoms with Gasteiger partial charge < -0.3 is 4.57 Å². The van der Waals surface area contributed by atoms with Gasteiger partial charge in [-0.25, -0.2) is 0 Å². The van der Waals surface area contributed by atoms with Crippen molar-refractivity contribution in [2.45, 2.75) is 46.6 Å². The molecule has 1 aromatic heterocycles. The van der Waals surface area contributed by atoms with Crippen LogP contribution in [0.4, 0.5) is 0 Å². The molecule has 78 valence electrons. The van der Waals surface area contributed by atoms with Crippen LogP contribution in [-0.2, 0) is 6.54 Å². The number of hydrogen-bond acceptors (Lipinski definition) is 2. The van der Waals surface area contributed by atoms with Crippen molar-refractivity contribution in [2.75, 3.05) is 0 Å². The number of rotatable bonds is 2. The van der Waals surface area contributed by atoms with E-state index in [-0.39, 0.29) is 0 Å². The molecule has 0 bridgehead atoms. The Labute approximate surface area is 85.5 Å². The number of aromatic nitrogens is 3. The highest BCUT2D eigenvalue weighted by Gasteiger charge is 2.35. The molecule has 2 heterocycles. The van der Waals surface area contributed by atoms with Crippen LogP contribution in [0.5, 0.6) is 0 Å². The van der Waals surface area contributed by atoms with E-state index < -0.39 is 0 Å². The zero-order valence-electron chi connectivity index (χ0n) is 9.49. The maximum Gasteiger partial charge on any atom is 0.136 e. The summed E-state index contributed by atoms with van der Waals surface area (Å²) in [4.78, 5) is 0. The lowest BCUT2D eigenvalue weighted by Crippen LogP contribution is -2.15. The third kappa shape index (κ3) is 1.26. The smallest absolute Gasteiger partial charge is 0.136 e. The Morgan fingerprint density at radius 1 is 1.43 bits per heavy atom. The zero-order valence-corrected chi connectivity index (χ0v) is 9.49. The van der Waals surface area contributed by atoms with Crippen LogP contribution in [0, 0.1) is 18.8 Å². The fourth-order valence-electron chi connectivity index (χ4n) is 2.59. The minimum Gasteiger partial charge on any atom is -0.315 e. The predicted octanol–water partition coefficient (Wildman–Crippen LogP) is 2.37. The highest BCUT2D eigenvalue weighted by molar-refractivity contribution is 5.09. The molecule has 2 atom stereocenters. The molecular weight excluding hydrogens is 174 g/mol. The van der Waals surface area contributed by atoms with Crippen molar-refractivity contribution in [2.24, 2.45) is 11.8 Å². The lowest BCUT2D eigenvalue weighted by Gasteiger charge is -2.20. The van der Waals surface area contributed by atoms with Crippen LogP contribution in [0.25, 0.3) is 0 Å². The van der Waals surface area contributed by atoms with E-state index in [9.17, 15) is 0 Å². The molecule has 0 amide bonds. The van der Waals surface area contributed by atoms with E-state index in [1.165, 1.54) is 12.2 Å². The topological polar surface area (TPSA) is 30.7 Å². The summed E-state index contributed by atoms with van der Waals surface area (Å²) in [6.07, 6.45) is 1.18. The zero-order chi connectivity index (χ0) is 10.3. The number of nitrogens with zero attached hydrogens (tertiary/aromatic N) is 3. The Hall–Kier alpha value is -0.860. The summed E-state index contributed by atoms with van der Waals surface area (Å²) in [7, 11) is 0. The second-order valence-corrected chi connectivity index (χ2v) is 4.64. The van der Waals surface area contributed by atoms with Gasteiger partial charge >= 0.3 is 0 Å². The van der Waals surface area contributed by atoms with E-state index >= 15 is 0 Å². The molecule has 0 N–H and O–H groups in total. The molecule has 0 aromatic carbocycles. The molecule has 0 fully saturated rings. The van der Waals surface area contributed by atoms with Gasteiger partial charge in [-0.2, -0.15) is 0 Å². The molecule has 0 saturated carbocycles. The fraction of sp³-hybridized carbons (Fsp3) is 0.818. The second kappa shape index (κ2) is 3.37. The first kappa shape index (κ1) is 9.69. The summed E-state index contributed by atoms with van der Waals surface area (Å²) in [5.41, 5.74) is 0. The van der Waals surface area contributed by atoms with Gasteiger partial charge in [0.2, 0.25) is 0 Å². The van der Waals surface area contributed by atoms with Crippen LogP contribution >= 0.6 is 0 Å². The molecule has 3 heteroatoms. The van der Waals surface area contributed by atoms with E-state index in [4.69, 9.17) is 0 Å². The summed E-state index contributed by atoms with van der Waals surface area (Å²) < 4.78 is 2.29. The van der Waals surface area contributed by atoms with E-state index in [0.29, 0.717) is 5.92 Å². The Bertz CT molecular complexity index is 327. The van der Waals surface area contributed by atoms with Crippen molar-refractivity contribution in [3.63, 3.8) is 0 Å². The molecule has 2 rings (SSSR count). The van der Waals surface area contributed by atoms with Crippen LogP contribution in [-0.4, -0.2) is 14.8 Å². The normalized spacial score (nSPS) is 25.8. The Morgan fingerprint density at radius 3 is 2.71 bits per heavy atom. The molecule has 0 saturated heterocycles. The Balaban J connectivity index is 2.34. The van der Waals surface area contributed by atoms with Crippen molar-refractivity contribution in [1.82, 2.24) is 14.8 Å². The quantitative estimate of drug-likeness (QED) is 0.722. The van der Waals surface area contributed by atoms with Crippen molar-refractivity contribution in [3.8, 4) is 0 Å². The molecule has 0 aliphatic carbocycles. The lowest BCUT2D eigenvalue weighted by molar-refractivity contribution is 0.316. The highest BCUT2D eigenvalue weighted by Crippen LogP contribution is 2.39. The summed E-state index contributed by atoms with van der Waals surface area (Å²) in [6, 6.07) is 0. The number of fused-ring (bicyclic) bond motifs is 1. The van der Waals surface area contributed by atoms with E-state index in [0.717, 1.165) is 24.2 Å². The first-order chi connectivity index (χ1) is 6.65. The largest absolute Gasteiger partial charge is 0.315 e. The van der Waals surface area contributed by atoms with Crippen LogP contribution in [0.3, 0.4) is 0 Å². The summed E-state index contributed by atoms with van der Waals surface area (Å²) >= 11 is 0. The number of hydrogen-bond donors (Lipinski definition) is 0. The minimum absolute atomic E-state index is 0.621. The van der Waals surface area contributed by atoms with Gasteiger partial charge in [0.05, 0.1) is 0 Å². The average Bonchev–Trinajstić information content (AvgIpc) is 2.66. The van der Waals surface area contributed by atoms with Gasteiger partial charge in [-0.3, -0.25) is 0 Å². The maximum absolute atomic E-state index is 4.29. The average molecular weight is 193 g/mol. The van der Waals surface area contributed by atoms with Gasteiger partial charge in [-0.15, -0.1) is 10.2 Å². The van der Waals surface area contributed by atoms with Gasteiger partial charge in [0, 0.05) is 12.5 Å². The van der Waals surface area contributed by atoms with Crippen molar-refractivity contribution >= 4 is 0 Å². The molecule has 1 aromatic rings. The standard InChI is InChI=1S/C11H19N3/c1-5-9-10(7(2)3)6-14-8(4)12-13-11(9)14/h7,9-10H,5-6H2,1-4H3. The molecular formula is C11H19N3. The Kier molecular flexibility index (Phi) is 2.33. The van der Waals surface area contributed by atoms with E-state index in [1.807, 2.05) is 6.92 Å². The minimum atomic E-state index is 0.621. The predicted molar refractivity (Wildman–Crippen MR) is 56.1 cm³/mol. The molecule has 1 aliphatic heterocycles. The van der Waals surface area contributed by atoms with Gasteiger partial charge in [0.1, 0.15) is 11.6 Å². The van der Waals surface area contributed by atoms with Gasteiger partial charge in [0.15, 0.2) is 0 Å². The van der Waals surface area contributed by atoms with Crippen LogP contribution in [0.15, 0.2) is 0 Å². The second-order valence-electron chi connectivity index (χ2n) is 4.64. The molecule has 1 aliphatic rings. The molecule has 3 nitrogen and oxygen atoms in total. The molecule has 14 heavy (non-hydrogen) atoms. The summed E-state index contributed by atoms with van der Waals surface area (Å²) in [6.45, 7) is 10.0. The van der Waals surface area contributed by atoms with Gasteiger partial charge in [-0.1, -0.05) is 20.8 Å². The van der Waals surface area contributed by atoms with E-state index in [2.05, 4.69) is 35.5 Å². The first-order valence-corrected chi connectivity index (χ1v) is 5.54. The molecule has 0 radical (unpaired) electrons. The Morgan fingerprint density at radius 2 is 2.14 bits per heavy atom. The SMILES string of the molecule is CCC1c2nnc(C)n2CC1C(C)C. The van der Waals surface area contributed by atoms with Crippen LogP contribution < -0.4 is 0 Å². The van der Waals surface area contributed by atoms with Crippen molar-refractivity contribution < 1.29 is 0 Å². The first-order valence-electron chi connectivity index (χ1n) is 5.54. The summed E-state index contributed by atoms with van der Waals surface area (Å²) in [5, 5.41) is 8.44. The highest BCUT2D eigenvalue weighted by atomic mass is 15.3. The molecule has 0 spiro atoms. The monoisotopic (exact) mass is 193 g/mol.